The number of hydrogen-bond acceptors (Lipinski definition) is 2. The van der Waals surface area contributed by atoms with Gasteiger partial charge in [-0.3, -0.25) is 4.79 Å². The molecule has 2 rings (SSSR count). The van der Waals surface area contributed by atoms with Gasteiger partial charge in [0.15, 0.2) is 0 Å². The van der Waals surface area contributed by atoms with Crippen LogP contribution in [0.5, 0.6) is 5.75 Å². The van der Waals surface area contributed by atoms with E-state index in [9.17, 15) is 4.79 Å². The monoisotopic (exact) mass is 333 g/mol. The van der Waals surface area contributed by atoms with E-state index in [-0.39, 0.29) is 5.91 Å². The van der Waals surface area contributed by atoms with E-state index >= 15 is 0 Å². The fourth-order valence-electron chi connectivity index (χ4n) is 1.92. The molecule has 0 bridgehead atoms. The van der Waals surface area contributed by atoms with Crippen LogP contribution >= 0.6 is 15.9 Å². The van der Waals surface area contributed by atoms with E-state index in [1.54, 1.807) is 19.1 Å². The molecule has 0 aliphatic rings. The van der Waals surface area contributed by atoms with Gasteiger partial charge in [-0.25, -0.2) is 0 Å². The van der Waals surface area contributed by atoms with Gasteiger partial charge in [-0.15, -0.1) is 0 Å². The number of amides is 1. The smallest absolute Gasteiger partial charge is 0.253 e. The van der Waals surface area contributed by atoms with Gasteiger partial charge in [-0.1, -0.05) is 34.1 Å². The van der Waals surface area contributed by atoms with Crippen molar-refractivity contribution in [2.75, 3.05) is 14.2 Å². The summed E-state index contributed by atoms with van der Waals surface area (Å²) in [6.45, 7) is 0.565. The molecule has 2 aromatic carbocycles. The van der Waals surface area contributed by atoms with E-state index in [1.165, 1.54) is 0 Å². The van der Waals surface area contributed by atoms with Crippen LogP contribution in [0.4, 0.5) is 0 Å². The quantitative estimate of drug-likeness (QED) is 0.853. The number of ether oxygens (including phenoxy) is 1. The van der Waals surface area contributed by atoms with E-state index in [4.69, 9.17) is 4.74 Å². The summed E-state index contributed by atoms with van der Waals surface area (Å²) in [5.74, 6) is 0.817. The van der Waals surface area contributed by atoms with Crippen molar-refractivity contribution in [3.63, 3.8) is 0 Å². The second-order valence-electron chi connectivity index (χ2n) is 4.52. The van der Waals surface area contributed by atoms with Gasteiger partial charge in [0.1, 0.15) is 5.75 Å². The molecule has 0 unspecified atom stereocenters. The molecule has 1 amide bonds. The number of halogens is 1. The third-order valence-electron chi connectivity index (χ3n) is 3.00. The first-order valence-corrected chi connectivity index (χ1v) is 7.03. The minimum atomic E-state index is 0.00196. The molecule has 0 spiro atoms. The summed E-state index contributed by atoms with van der Waals surface area (Å²) in [6, 6.07) is 15.1. The van der Waals surface area contributed by atoms with E-state index in [0.29, 0.717) is 12.1 Å². The Labute approximate surface area is 127 Å². The van der Waals surface area contributed by atoms with Gasteiger partial charge in [0.05, 0.1) is 7.11 Å². The predicted octanol–water partition coefficient (Wildman–Crippen LogP) is 3.73. The number of hydrogen-bond donors (Lipinski definition) is 0. The molecular formula is C16H16BrNO2. The fraction of sp³-hybridized carbons (Fsp3) is 0.188. The molecule has 0 aliphatic heterocycles. The number of benzene rings is 2. The third kappa shape index (κ3) is 3.61. The first kappa shape index (κ1) is 14.6. The lowest BCUT2D eigenvalue weighted by molar-refractivity contribution is 0.0785. The van der Waals surface area contributed by atoms with Crippen LogP contribution in [0.1, 0.15) is 15.9 Å². The summed E-state index contributed by atoms with van der Waals surface area (Å²) >= 11 is 3.38. The van der Waals surface area contributed by atoms with Crippen molar-refractivity contribution in [3.05, 3.63) is 64.1 Å². The lowest BCUT2D eigenvalue weighted by Gasteiger charge is -2.17. The Hall–Kier alpha value is -1.81. The number of carbonyl (C=O) groups is 1. The summed E-state index contributed by atoms with van der Waals surface area (Å²) in [5, 5.41) is 0. The first-order valence-electron chi connectivity index (χ1n) is 6.24. The van der Waals surface area contributed by atoms with Crippen LogP contribution in [-0.4, -0.2) is 25.0 Å². The van der Waals surface area contributed by atoms with Crippen LogP contribution in [0.15, 0.2) is 53.0 Å². The highest BCUT2D eigenvalue weighted by molar-refractivity contribution is 9.10. The van der Waals surface area contributed by atoms with Gasteiger partial charge >= 0.3 is 0 Å². The van der Waals surface area contributed by atoms with Crippen LogP contribution in [-0.2, 0) is 6.54 Å². The number of carbonyl (C=O) groups excluding carboxylic acids is 1. The Morgan fingerprint density at radius 2 is 1.90 bits per heavy atom. The summed E-state index contributed by atoms with van der Waals surface area (Å²) in [7, 11) is 3.44. The normalized spacial score (nSPS) is 10.2. The van der Waals surface area contributed by atoms with E-state index in [1.807, 2.05) is 48.5 Å². The van der Waals surface area contributed by atoms with Crippen molar-refractivity contribution < 1.29 is 9.53 Å². The summed E-state index contributed by atoms with van der Waals surface area (Å²) in [6.07, 6.45) is 0. The van der Waals surface area contributed by atoms with Gasteiger partial charge in [-0.2, -0.15) is 0 Å². The van der Waals surface area contributed by atoms with E-state index < -0.39 is 0 Å². The molecule has 0 atom stereocenters. The molecule has 0 N–H and O–H groups in total. The molecule has 2 aromatic rings. The van der Waals surface area contributed by atoms with Crippen molar-refractivity contribution in [1.29, 1.82) is 0 Å². The van der Waals surface area contributed by atoms with Crippen molar-refractivity contribution >= 4 is 21.8 Å². The van der Waals surface area contributed by atoms with Crippen molar-refractivity contribution in [2.45, 2.75) is 6.54 Å². The molecule has 0 radical (unpaired) electrons. The van der Waals surface area contributed by atoms with Crippen LogP contribution in [0.25, 0.3) is 0 Å². The highest BCUT2D eigenvalue weighted by atomic mass is 79.9. The summed E-state index contributed by atoms with van der Waals surface area (Å²) in [5.41, 5.74) is 1.74. The molecule has 3 nitrogen and oxygen atoms in total. The Balaban J connectivity index is 2.07. The fourth-order valence-corrected chi connectivity index (χ4v) is 2.32. The molecular weight excluding hydrogens is 318 g/mol. The Bertz CT molecular complexity index is 596. The zero-order chi connectivity index (χ0) is 14.5. The first-order chi connectivity index (χ1) is 9.60. The molecule has 0 aromatic heterocycles. The van der Waals surface area contributed by atoms with E-state index in [2.05, 4.69) is 15.9 Å². The van der Waals surface area contributed by atoms with Crippen LogP contribution in [0.3, 0.4) is 0 Å². The van der Waals surface area contributed by atoms with Crippen molar-refractivity contribution in [2.24, 2.45) is 0 Å². The maximum absolute atomic E-state index is 12.3. The molecule has 104 valence electrons. The SMILES string of the molecule is COc1ccc(CN(C)C(=O)c2cccc(Br)c2)cc1. The molecule has 0 saturated heterocycles. The van der Waals surface area contributed by atoms with Gasteiger partial charge in [0.25, 0.3) is 5.91 Å². The lowest BCUT2D eigenvalue weighted by Crippen LogP contribution is -2.26. The molecule has 0 aliphatic carbocycles. The molecule has 0 fully saturated rings. The van der Waals surface area contributed by atoms with Gasteiger partial charge in [0.2, 0.25) is 0 Å². The lowest BCUT2D eigenvalue weighted by atomic mass is 10.1. The van der Waals surface area contributed by atoms with Crippen LogP contribution in [0.2, 0.25) is 0 Å². The summed E-state index contributed by atoms with van der Waals surface area (Å²) in [4.78, 5) is 14.0. The van der Waals surface area contributed by atoms with Crippen molar-refractivity contribution in [3.8, 4) is 5.75 Å². The Morgan fingerprint density at radius 3 is 2.50 bits per heavy atom. The second kappa shape index (κ2) is 6.57. The topological polar surface area (TPSA) is 29.5 Å². The molecule has 20 heavy (non-hydrogen) atoms. The highest BCUT2D eigenvalue weighted by Gasteiger charge is 2.12. The average molecular weight is 334 g/mol. The largest absolute Gasteiger partial charge is 0.497 e. The van der Waals surface area contributed by atoms with Crippen LogP contribution in [0, 0.1) is 0 Å². The molecule has 0 heterocycles. The van der Waals surface area contributed by atoms with Gasteiger partial charge in [0, 0.05) is 23.6 Å². The molecule has 0 saturated carbocycles. The van der Waals surface area contributed by atoms with Crippen LogP contribution < -0.4 is 4.74 Å². The average Bonchev–Trinajstić information content (AvgIpc) is 2.47. The second-order valence-corrected chi connectivity index (χ2v) is 5.44. The zero-order valence-electron chi connectivity index (χ0n) is 11.5. The van der Waals surface area contributed by atoms with E-state index in [0.717, 1.165) is 15.8 Å². The Kier molecular flexibility index (Phi) is 4.79. The Morgan fingerprint density at radius 1 is 1.20 bits per heavy atom. The third-order valence-corrected chi connectivity index (χ3v) is 3.49. The zero-order valence-corrected chi connectivity index (χ0v) is 13.1. The van der Waals surface area contributed by atoms with Gasteiger partial charge in [-0.05, 0) is 35.9 Å². The maximum atomic E-state index is 12.3. The number of rotatable bonds is 4. The van der Waals surface area contributed by atoms with Gasteiger partial charge < -0.3 is 9.64 Å². The maximum Gasteiger partial charge on any atom is 0.253 e. The number of methoxy groups -OCH3 is 1. The number of nitrogens with zero attached hydrogens (tertiary/aromatic N) is 1. The minimum absolute atomic E-state index is 0.00196. The predicted molar refractivity (Wildman–Crippen MR) is 82.9 cm³/mol. The molecule has 4 heteroatoms. The minimum Gasteiger partial charge on any atom is -0.497 e. The van der Waals surface area contributed by atoms with Crippen molar-refractivity contribution in [1.82, 2.24) is 4.90 Å². The summed E-state index contributed by atoms with van der Waals surface area (Å²) < 4.78 is 6.02. The standard InChI is InChI=1S/C16H16BrNO2/c1-18(11-12-6-8-15(20-2)9-7-12)16(19)13-4-3-5-14(17)10-13/h3-10H,11H2,1-2H3. The highest BCUT2D eigenvalue weighted by Crippen LogP contribution is 2.16.